The minimum Gasteiger partial charge on any atom is -0.504 e. The summed E-state index contributed by atoms with van der Waals surface area (Å²) >= 11 is 0. The topological polar surface area (TPSA) is 733 Å². The number of esters is 8. The number of aliphatic hydroxyl groups is 2. The van der Waals surface area contributed by atoms with Gasteiger partial charge in [0, 0.05) is 46.5 Å². The number of hydrogen-bond donors (Lipinski definition) is 24. The number of phenolic OH excluding ortho intramolecular Hbond substituents is 22. The number of carbonyl (C=O) groups excluding carboxylic acids is 8. The van der Waals surface area contributed by atoms with Crippen LogP contribution >= 0.6 is 0 Å². The van der Waals surface area contributed by atoms with E-state index in [0.717, 1.165) is 0 Å². The Morgan fingerprint density at radius 3 is 0.893 bits per heavy atom. The quantitative estimate of drug-likeness (QED) is 0.0682. The van der Waals surface area contributed by atoms with Crippen molar-refractivity contribution in [3.8, 4) is 172 Å². The summed E-state index contributed by atoms with van der Waals surface area (Å²) in [6.45, 7) is -2.98. The van der Waals surface area contributed by atoms with Gasteiger partial charge in [0.1, 0.15) is 36.5 Å². The first-order valence-electron chi connectivity index (χ1n) is 31.2. The number of aliphatic hydroxyl groups excluding tert-OH is 2. The molecule has 112 heavy (non-hydrogen) atoms. The van der Waals surface area contributed by atoms with Gasteiger partial charge in [0.05, 0.1) is 33.4 Å². The van der Waals surface area contributed by atoms with Gasteiger partial charge in [-0.15, -0.1) is 0 Å². The third-order valence-corrected chi connectivity index (χ3v) is 17.7. The van der Waals surface area contributed by atoms with Crippen LogP contribution in [0.15, 0.2) is 60.7 Å². The number of aromatic hydroxyl groups is 22. The van der Waals surface area contributed by atoms with Crippen LogP contribution in [-0.2, 0) is 47.4 Å². The van der Waals surface area contributed by atoms with E-state index in [0.29, 0.717) is 30.3 Å². The van der Waals surface area contributed by atoms with Crippen molar-refractivity contribution < 1.29 is 218 Å². The Morgan fingerprint density at radius 2 is 0.554 bits per heavy atom. The first kappa shape index (κ1) is 74.8. The van der Waals surface area contributed by atoms with Crippen molar-refractivity contribution in [1.82, 2.24) is 0 Å². The molecule has 5 aliphatic rings. The maximum Gasteiger partial charge on any atom is 0.342 e. The summed E-state index contributed by atoms with van der Waals surface area (Å²) in [4.78, 5) is 119. The lowest BCUT2D eigenvalue weighted by molar-refractivity contribution is -0.284. The minimum atomic E-state index is -2.94. The maximum absolute atomic E-state index is 15.5. The molecule has 584 valence electrons. The average molecular weight is 1570 g/mol. The smallest absolute Gasteiger partial charge is 0.342 e. The van der Waals surface area contributed by atoms with Crippen LogP contribution in [0.25, 0.3) is 22.3 Å². The number of fused-ring (bicyclic) bond motifs is 14. The number of ether oxygens (including phenoxy) is 12. The molecule has 10 atom stereocenters. The fourth-order valence-corrected chi connectivity index (χ4v) is 12.3. The Balaban J connectivity index is 1.08. The molecule has 24 N–H and O–H groups in total. The van der Waals surface area contributed by atoms with E-state index in [-0.39, 0.29) is 30.3 Å². The van der Waals surface area contributed by atoms with Gasteiger partial charge < -0.3 is 179 Å². The standard InChI is InChI=1S/C68H48O44/c69-21-1-13(2-22(70)37(21)77)59(91)109-55-53-32-12-102-62(94)17-9-29(43(83)47(87)35(17)34-16(63(95)107-53)6-26(74)40(80)46(34)86)103-51-19(7-27(75)41(81)49(51)89)65(97)112-58-56(110-60(92)14-3-23(71)38(78)24(72)4-14)54-31(105-68(58)100)11-101-61(93)15-5-25(73)39(79)45(85)33(15)36-18(64(96)108-54)10-30(44(84)48(36)88)104-52-20(8-28(76)42(82)50(52)90)66(98)111-57(55)67(99)106-32/h1-10,31-32,53-58,67-90,99-100H,11-12H2/t31-,32-,53-,54-,55+,56+,57-,58-,67?,68?/m1/s1. The highest BCUT2D eigenvalue weighted by atomic mass is 16.7. The predicted molar refractivity (Wildman–Crippen MR) is 344 cm³/mol. The largest absolute Gasteiger partial charge is 0.504 e. The van der Waals surface area contributed by atoms with E-state index in [4.69, 9.17) is 56.8 Å². The van der Waals surface area contributed by atoms with Crippen LogP contribution in [0.3, 0.4) is 0 Å². The summed E-state index contributed by atoms with van der Waals surface area (Å²) in [5.41, 5.74) is -15.9. The van der Waals surface area contributed by atoms with Gasteiger partial charge in [0.2, 0.25) is 46.0 Å². The Kier molecular flexibility index (Phi) is 18.3. The van der Waals surface area contributed by atoms with Crippen molar-refractivity contribution in [3.63, 3.8) is 0 Å². The molecule has 44 nitrogen and oxygen atoms in total. The van der Waals surface area contributed by atoms with Crippen molar-refractivity contribution in [3.05, 3.63) is 105 Å². The van der Waals surface area contributed by atoms with Crippen LogP contribution in [-0.4, -0.2) is 245 Å². The fraction of sp³-hybridized carbons (Fsp3) is 0.176. The summed E-state index contributed by atoms with van der Waals surface area (Å²) in [5.74, 6) is -56.6. The van der Waals surface area contributed by atoms with Gasteiger partial charge in [-0.25, -0.2) is 38.4 Å². The zero-order valence-corrected chi connectivity index (χ0v) is 54.9. The summed E-state index contributed by atoms with van der Waals surface area (Å²) < 4.78 is 67.6. The normalized spacial score (nSPS) is 21.4. The Labute approximate surface area is 615 Å². The monoisotopic (exact) mass is 1570 g/mol. The fourth-order valence-electron chi connectivity index (χ4n) is 12.3. The molecule has 0 aromatic heterocycles. The van der Waals surface area contributed by atoms with Crippen LogP contribution < -0.4 is 9.47 Å². The molecule has 13 rings (SSSR count). The van der Waals surface area contributed by atoms with Crippen molar-refractivity contribution >= 4 is 47.8 Å². The maximum atomic E-state index is 15.5. The van der Waals surface area contributed by atoms with Gasteiger partial charge in [-0.2, -0.15) is 0 Å². The second kappa shape index (κ2) is 27.4. The van der Waals surface area contributed by atoms with E-state index in [1.54, 1.807) is 0 Å². The van der Waals surface area contributed by atoms with Gasteiger partial charge >= 0.3 is 47.8 Å². The lowest BCUT2D eigenvalue weighted by Crippen LogP contribution is -2.62. The number of rotatable bonds is 4. The van der Waals surface area contributed by atoms with Gasteiger partial charge in [-0.1, -0.05) is 0 Å². The third kappa shape index (κ3) is 12.4. The highest BCUT2D eigenvalue weighted by Gasteiger charge is 2.56. The number of benzene rings is 8. The lowest BCUT2D eigenvalue weighted by Gasteiger charge is -2.42. The summed E-state index contributed by atoms with van der Waals surface area (Å²) in [7, 11) is 0. The van der Waals surface area contributed by atoms with Gasteiger partial charge in [0.25, 0.3) is 0 Å². The van der Waals surface area contributed by atoms with E-state index >= 15 is 19.2 Å². The minimum absolute atomic E-state index is 0.148. The molecule has 2 fully saturated rings. The van der Waals surface area contributed by atoms with Crippen LogP contribution in [0, 0.1) is 0 Å². The summed E-state index contributed by atoms with van der Waals surface area (Å²) in [6, 6.07) is 2.96. The molecular formula is C68H48O44. The van der Waals surface area contributed by atoms with E-state index < -0.39 is 339 Å². The van der Waals surface area contributed by atoms with Gasteiger partial charge in [0.15, 0.2) is 153 Å². The van der Waals surface area contributed by atoms with Crippen LogP contribution in [0.2, 0.25) is 0 Å². The molecule has 2 saturated heterocycles. The number of hydrogen-bond acceptors (Lipinski definition) is 44. The molecule has 8 bridgehead atoms. The average Bonchev–Trinajstić information content (AvgIpc) is 1.23. The summed E-state index contributed by atoms with van der Waals surface area (Å²) in [5, 5.41) is 269. The number of carbonyl (C=O) groups is 8. The molecule has 0 spiro atoms. The SMILES string of the molecule is O=C(O[C@H]1[C@@H]2OC(=O)c3cc(O)c(O)c(O)c3-c3c4cc(c(O)c3O)Oc3c(cc(O)c(O)c3O)C(=O)O[C@H]3C(O)O[C@@H]5COC(=O)c6cc(O)c(O)c(O)c6-c6c(cc(c(O)c6O)Oc6c(cc(O)c(O)c6O)C(=O)O[C@H]1C(O)O[C@@H]2COC4=O)C(=O)O[C@H]5[C@@H]3OC(=O)c1cc(O)c(O)c(O)c1)c1cc(O)c(O)c(O)c1. The van der Waals surface area contributed by atoms with E-state index in [1.165, 1.54) is 0 Å². The molecule has 2 unspecified atom stereocenters. The molecule has 0 amide bonds. The zero-order valence-electron chi connectivity index (χ0n) is 54.9. The van der Waals surface area contributed by atoms with Crippen LogP contribution in [0.4, 0.5) is 0 Å². The Bertz CT molecular complexity index is 5420. The van der Waals surface area contributed by atoms with Crippen molar-refractivity contribution in [2.75, 3.05) is 13.2 Å². The molecule has 0 aliphatic carbocycles. The molecule has 8 aromatic carbocycles. The Hall–Kier alpha value is -15.4. The summed E-state index contributed by atoms with van der Waals surface area (Å²) in [6.07, 6.45) is -27.7. The zero-order chi connectivity index (χ0) is 81.3. The molecule has 8 aromatic rings. The molecular weight excluding hydrogens is 1520 g/mol. The van der Waals surface area contributed by atoms with Crippen LogP contribution in [0.1, 0.15) is 82.9 Å². The Morgan fingerprint density at radius 1 is 0.295 bits per heavy atom. The highest BCUT2D eigenvalue weighted by molar-refractivity contribution is 6.10. The van der Waals surface area contributed by atoms with Crippen molar-refractivity contribution in [1.29, 1.82) is 0 Å². The van der Waals surface area contributed by atoms with Gasteiger partial charge in [-0.05, 0) is 36.4 Å². The second-order valence-corrected chi connectivity index (χ2v) is 24.4. The molecule has 0 saturated carbocycles. The van der Waals surface area contributed by atoms with E-state index in [1.807, 2.05) is 0 Å². The lowest BCUT2D eigenvalue weighted by atomic mass is 9.91. The first-order valence-corrected chi connectivity index (χ1v) is 31.2. The number of phenols is 22. The third-order valence-electron chi connectivity index (χ3n) is 17.7. The molecule has 44 heteroatoms. The van der Waals surface area contributed by atoms with Crippen molar-refractivity contribution in [2.24, 2.45) is 0 Å². The van der Waals surface area contributed by atoms with Crippen molar-refractivity contribution in [2.45, 2.75) is 61.4 Å². The van der Waals surface area contributed by atoms with Gasteiger partial charge in [-0.3, -0.25) is 0 Å². The van der Waals surface area contributed by atoms with E-state index in [2.05, 4.69) is 0 Å². The first-order chi connectivity index (χ1) is 52.8. The molecule has 5 aliphatic heterocycles. The predicted octanol–water partition coefficient (Wildman–Crippen LogP) is 2.17. The number of cyclic esters (lactones) is 1. The molecule has 5 heterocycles. The molecule has 0 radical (unpaired) electrons. The second-order valence-electron chi connectivity index (χ2n) is 24.4. The highest BCUT2D eigenvalue weighted by Crippen LogP contribution is 2.59. The van der Waals surface area contributed by atoms with E-state index in [9.17, 15) is 142 Å². The van der Waals surface area contributed by atoms with Crippen LogP contribution in [0.5, 0.6) is 149 Å².